The monoisotopic (exact) mass is 299 g/mol. The molecular weight excluding hydrogens is 278 g/mol. The third-order valence-corrected chi connectivity index (χ3v) is 3.64. The number of unbranched alkanes of at least 4 members (excludes halogenated alkanes) is 2. The van der Waals surface area contributed by atoms with Crippen molar-refractivity contribution >= 4 is 15.9 Å². The highest BCUT2D eigenvalue weighted by Crippen LogP contribution is 2.16. The maximum absolute atomic E-state index is 5.02. The van der Waals surface area contributed by atoms with E-state index in [1.54, 1.807) is 7.11 Å². The Balaban J connectivity index is 2.11. The van der Waals surface area contributed by atoms with Crippen LogP contribution in [0.3, 0.4) is 0 Å². The van der Waals surface area contributed by atoms with Crippen molar-refractivity contribution in [2.24, 2.45) is 0 Å². The zero-order valence-corrected chi connectivity index (χ0v) is 12.3. The second-order valence-corrected chi connectivity index (χ2v) is 5.17. The molecule has 0 atom stereocenters. The predicted octanol–water partition coefficient (Wildman–Crippen LogP) is 3.66. The summed E-state index contributed by atoms with van der Waals surface area (Å²) in [6, 6.07) is 6.50. The predicted molar refractivity (Wildman–Crippen MR) is 76.3 cm³/mol. The molecule has 1 aromatic carbocycles. The summed E-state index contributed by atoms with van der Waals surface area (Å²) >= 11 is 3.51. The van der Waals surface area contributed by atoms with Crippen LogP contribution in [0.1, 0.15) is 30.4 Å². The number of benzene rings is 1. The molecule has 0 aliphatic heterocycles. The van der Waals surface area contributed by atoms with Crippen molar-refractivity contribution in [2.45, 2.75) is 32.7 Å². The molecule has 0 saturated heterocycles. The van der Waals surface area contributed by atoms with Gasteiger partial charge in [0.15, 0.2) is 0 Å². The molecule has 0 radical (unpaired) electrons. The van der Waals surface area contributed by atoms with Gasteiger partial charge in [0, 0.05) is 24.7 Å². The third kappa shape index (κ3) is 6.20. The van der Waals surface area contributed by atoms with E-state index < -0.39 is 0 Å². The summed E-state index contributed by atoms with van der Waals surface area (Å²) in [5, 5.41) is 3.47. The van der Waals surface area contributed by atoms with Gasteiger partial charge in [0.25, 0.3) is 0 Å². The smallest absolute Gasteiger partial charge is 0.0462 e. The van der Waals surface area contributed by atoms with Crippen LogP contribution in [0.2, 0.25) is 0 Å². The quantitative estimate of drug-likeness (QED) is 0.740. The summed E-state index contributed by atoms with van der Waals surface area (Å²) in [6.45, 7) is 5.04. The van der Waals surface area contributed by atoms with Crippen molar-refractivity contribution in [3.8, 4) is 0 Å². The third-order valence-electron chi connectivity index (χ3n) is 2.75. The molecule has 0 aromatic heterocycles. The molecule has 0 bridgehead atoms. The minimum Gasteiger partial charge on any atom is -0.385 e. The SMILES string of the molecule is COCCCCCNCc1ccc(Br)c(C)c1. The second kappa shape index (κ2) is 8.67. The summed E-state index contributed by atoms with van der Waals surface area (Å²) < 4.78 is 6.20. The summed E-state index contributed by atoms with van der Waals surface area (Å²) in [4.78, 5) is 0. The van der Waals surface area contributed by atoms with Crippen molar-refractivity contribution in [2.75, 3.05) is 20.3 Å². The highest BCUT2D eigenvalue weighted by Gasteiger charge is 1.97. The van der Waals surface area contributed by atoms with Crippen LogP contribution < -0.4 is 5.32 Å². The second-order valence-electron chi connectivity index (χ2n) is 4.31. The molecule has 0 aliphatic rings. The van der Waals surface area contributed by atoms with Gasteiger partial charge in [-0.1, -0.05) is 28.1 Å². The van der Waals surface area contributed by atoms with E-state index >= 15 is 0 Å². The summed E-state index contributed by atoms with van der Waals surface area (Å²) in [5.74, 6) is 0. The van der Waals surface area contributed by atoms with E-state index in [9.17, 15) is 0 Å². The zero-order valence-electron chi connectivity index (χ0n) is 10.8. The first-order chi connectivity index (χ1) is 8.24. The first-order valence-corrected chi connectivity index (χ1v) is 6.98. The van der Waals surface area contributed by atoms with Gasteiger partial charge in [0.05, 0.1) is 0 Å². The Hall–Kier alpha value is -0.380. The Morgan fingerprint density at radius 1 is 1.24 bits per heavy atom. The molecule has 0 saturated carbocycles. The van der Waals surface area contributed by atoms with Crippen molar-refractivity contribution < 1.29 is 4.74 Å². The van der Waals surface area contributed by atoms with Crippen molar-refractivity contribution in [1.29, 1.82) is 0 Å². The largest absolute Gasteiger partial charge is 0.385 e. The minimum absolute atomic E-state index is 0.881. The van der Waals surface area contributed by atoms with E-state index in [2.05, 4.69) is 46.4 Å². The van der Waals surface area contributed by atoms with E-state index in [0.717, 1.165) is 26.1 Å². The van der Waals surface area contributed by atoms with Crippen molar-refractivity contribution in [1.82, 2.24) is 5.32 Å². The number of hydrogen-bond donors (Lipinski definition) is 1. The lowest BCUT2D eigenvalue weighted by Gasteiger charge is -2.06. The standard InChI is InChI=1S/C14H22BrNO/c1-12-10-13(6-7-14(12)15)11-16-8-4-3-5-9-17-2/h6-7,10,16H,3-5,8-9,11H2,1-2H3. The molecular formula is C14H22BrNO. The van der Waals surface area contributed by atoms with Gasteiger partial charge in [0.1, 0.15) is 0 Å². The van der Waals surface area contributed by atoms with Gasteiger partial charge in [-0.25, -0.2) is 0 Å². The highest BCUT2D eigenvalue weighted by molar-refractivity contribution is 9.10. The number of rotatable bonds is 8. The van der Waals surface area contributed by atoms with Gasteiger partial charge in [0.2, 0.25) is 0 Å². The van der Waals surface area contributed by atoms with Gasteiger partial charge in [-0.15, -0.1) is 0 Å². The summed E-state index contributed by atoms with van der Waals surface area (Å²) in [5.41, 5.74) is 2.65. The lowest BCUT2D eigenvalue weighted by atomic mass is 10.1. The van der Waals surface area contributed by atoms with E-state index in [-0.39, 0.29) is 0 Å². The molecule has 1 N–H and O–H groups in total. The van der Waals surface area contributed by atoms with Crippen LogP contribution in [0.15, 0.2) is 22.7 Å². The van der Waals surface area contributed by atoms with Crippen LogP contribution in [0.25, 0.3) is 0 Å². The van der Waals surface area contributed by atoms with Crippen LogP contribution in [-0.4, -0.2) is 20.3 Å². The molecule has 2 nitrogen and oxygen atoms in total. The number of halogens is 1. The van der Waals surface area contributed by atoms with Crippen LogP contribution in [-0.2, 0) is 11.3 Å². The molecule has 96 valence electrons. The summed E-state index contributed by atoms with van der Waals surface area (Å²) in [7, 11) is 1.76. The average molecular weight is 300 g/mol. The van der Waals surface area contributed by atoms with Gasteiger partial charge in [-0.2, -0.15) is 0 Å². The Morgan fingerprint density at radius 2 is 2.06 bits per heavy atom. The fourth-order valence-corrected chi connectivity index (χ4v) is 1.97. The summed E-state index contributed by atoms with van der Waals surface area (Å²) in [6.07, 6.45) is 3.62. The highest BCUT2D eigenvalue weighted by atomic mass is 79.9. The molecule has 17 heavy (non-hydrogen) atoms. The molecule has 1 aromatic rings. The fourth-order valence-electron chi connectivity index (χ4n) is 1.72. The average Bonchev–Trinajstić information content (AvgIpc) is 2.32. The molecule has 0 amide bonds. The van der Waals surface area contributed by atoms with Gasteiger partial charge < -0.3 is 10.1 Å². The van der Waals surface area contributed by atoms with E-state index in [1.807, 2.05) is 0 Å². The minimum atomic E-state index is 0.881. The zero-order chi connectivity index (χ0) is 12.5. The van der Waals surface area contributed by atoms with Crippen LogP contribution in [0, 0.1) is 6.92 Å². The lowest BCUT2D eigenvalue weighted by Crippen LogP contribution is -2.14. The van der Waals surface area contributed by atoms with Crippen molar-refractivity contribution in [3.63, 3.8) is 0 Å². The van der Waals surface area contributed by atoms with E-state index in [4.69, 9.17) is 4.74 Å². The van der Waals surface area contributed by atoms with E-state index in [0.29, 0.717) is 0 Å². The van der Waals surface area contributed by atoms with Crippen molar-refractivity contribution in [3.05, 3.63) is 33.8 Å². The molecule has 0 fully saturated rings. The Labute approximate surface area is 113 Å². The first-order valence-electron chi connectivity index (χ1n) is 6.18. The maximum Gasteiger partial charge on any atom is 0.0462 e. The lowest BCUT2D eigenvalue weighted by molar-refractivity contribution is 0.192. The van der Waals surface area contributed by atoms with Gasteiger partial charge >= 0.3 is 0 Å². The molecule has 0 aliphatic carbocycles. The van der Waals surface area contributed by atoms with E-state index in [1.165, 1.54) is 28.4 Å². The molecule has 0 heterocycles. The number of methoxy groups -OCH3 is 1. The molecule has 3 heteroatoms. The fraction of sp³-hybridized carbons (Fsp3) is 0.571. The number of nitrogens with one attached hydrogen (secondary N) is 1. The molecule has 0 spiro atoms. The molecule has 0 unspecified atom stereocenters. The van der Waals surface area contributed by atoms with Crippen LogP contribution in [0.4, 0.5) is 0 Å². The Morgan fingerprint density at radius 3 is 2.76 bits per heavy atom. The number of hydrogen-bond acceptors (Lipinski definition) is 2. The van der Waals surface area contributed by atoms with Gasteiger partial charge in [-0.05, 0) is 49.9 Å². The number of aryl methyl sites for hydroxylation is 1. The Bertz CT molecular complexity index is 328. The van der Waals surface area contributed by atoms with Crippen LogP contribution in [0.5, 0.6) is 0 Å². The normalized spacial score (nSPS) is 10.8. The first kappa shape index (κ1) is 14.7. The Kier molecular flexibility index (Phi) is 7.49. The van der Waals surface area contributed by atoms with Crippen LogP contribution >= 0.6 is 15.9 Å². The maximum atomic E-state index is 5.02. The topological polar surface area (TPSA) is 21.3 Å². The van der Waals surface area contributed by atoms with Gasteiger partial charge in [-0.3, -0.25) is 0 Å². The molecule has 1 rings (SSSR count). The number of ether oxygens (including phenoxy) is 1.